The molecule has 0 aliphatic carbocycles. The van der Waals surface area contributed by atoms with Gasteiger partial charge in [0.05, 0.1) is 3.79 Å². The Morgan fingerprint density at radius 2 is 2.54 bits per heavy atom. The molecule has 0 saturated carbocycles. The molecule has 1 heterocycles. The Labute approximate surface area is 88.9 Å². The number of rotatable bonds is 4. The van der Waals surface area contributed by atoms with Gasteiger partial charge in [0, 0.05) is 6.54 Å². The van der Waals surface area contributed by atoms with E-state index in [1.165, 1.54) is 0 Å². The maximum Gasteiger partial charge on any atom is 0.320 e. The Bertz CT molecular complexity index is 300. The molecule has 72 valence electrons. The Morgan fingerprint density at radius 3 is 3.00 bits per heavy atom. The third kappa shape index (κ3) is 3.46. The van der Waals surface area contributed by atoms with E-state index in [2.05, 4.69) is 21.2 Å². The number of carboxylic acid groups (broad SMARTS) is 1. The van der Waals surface area contributed by atoms with Crippen molar-refractivity contribution in [1.82, 2.24) is 5.32 Å². The summed E-state index contributed by atoms with van der Waals surface area (Å²) in [6.45, 7) is 2.22. The molecule has 1 rings (SSSR count). The summed E-state index contributed by atoms with van der Waals surface area (Å²) in [7, 11) is 0. The van der Waals surface area contributed by atoms with Crippen molar-refractivity contribution in [2.75, 3.05) is 0 Å². The molecule has 1 aromatic rings. The van der Waals surface area contributed by atoms with Gasteiger partial charge in [0.1, 0.15) is 6.04 Å². The van der Waals surface area contributed by atoms with E-state index in [0.717, 1.165) is 9.35 Å². The summed E-state index contributed by atoms with van der Waals surface area (Å²) in [6.07, 6.45) is 0. The molecule has 1 unspecified atom stereocenters. The fourth-order valence-corrected chi connectivity index (χ4v) is 2.01. The average molecular weight is 264 g/mol. The number of aliphatic carboxylic acids is 1. The van der Waals surface area contributed by atoms with Crippen LogP contribution in [0.2, 0.25) is 0 Å². The van der Waals surface area contributed by atoms with Crippen LogP contribution >= 0.6 is 27.3 Å². The quantitative estimate of drug-likeness (QED) is 0.875. The Kier molecular flexibility index (Phi) is 3.90. The van der Waals surface area contributed by atoms with Crippen LogP contribution in [0.25, 0.3) is 0 Å². The molecule has 2 N–H and O–H groups in total. The fourth-order valence-electron chi connectivity index (χ4n) is 0.797. The van der Waals surface area contributed by atoms with E-state index < -0.39 is 12.0 Å². The second kappa shape index (κ2) is 4.74. The molecule has 3 nitrogen and oxygen atoms in total. The van der Waals surface area contributed by atoms with Crippen molar-refractivity contribution in [2.45, 2.75) is 19.5 Å². The molecule has 1 aromatic heterocycles. The highest BCUT2D eigenvalue weighted by Gasteiger charge is 2.09. The van der Waals surface area contributed by atoms with Gasteiger partial charge >= 0.3 is 5.97 Å². The van der Waals surface area contributed by atoms with Crippen LogP contribution < -0.4 is 5.32 Å². The topological polar surface area (TPSA) is 49.3 Å². The smallest absolute Gasteiger partial charge is 0.320 e. The number of nitrogens with one attached hydrogen (secondary N) is 1. The molecule has 0 amide bonds. The predicted molar refractivity (Wildman–Crippen MR) is 56.0 cm³/mol. The first-order valence-electron chi connectivity index (χ1n) is 3.78. The van der Waals surface area contributed by atoms with E-state index in [-0.39, 0.29) is 0 Å². The second-order valence-electron chi connectivity index (χ2n) is 2.70. The Hall–Kier alpha value is -0.390. The molecule has 13 heavy (non-hydrogen) atoms. The highest BCUT2D eigenvalue weighted by Crippen LogP contribution is 2.20. The van der Waals surface area contributed by atoms with Crippen LogP contribution in [0, 0.1) is 0 Å². The molecule has 0 bridgehead atoms. The summed E-state index contributed by atoms with van der Waals surface area (Å²) in [5, 5.41) is 13.5. The first kappa shape index (κ1) is 10.7. The molecule has 5 heteroatoms. The minimum absolute atomic E-state index is 0.501. The van der Waals surface area contributed by atoms with Crippen molar-refractivity contribution in [3.8, 4) is 0 Å². The van der Waals surface area contributed by atoms with Crippen LogP contribution in [0.15, 0.2) is 15.2 Å². The zero-order valence-corrected chi connectivity index (χ0v) is 9.48. The van der Waals surface area contributed by atoms with E-state index in [0.29, 0.717) is 6.54 Å². The summed E-state index contributed by atoms with van der Waals surface area (Å²) in [6, 6.07) is 1.48. The SMILES string of the molecule is CC(NCc1csc(Br)c1)C(=O)O. The van der Waals surface area contributed by atoms with Gasteiger partial charge in [-0.15, -0.1) is 11.3 Å². The maximum absolute atomic E-state index is 10.5. The summed E-state index contributed by atoms with van der Waals surface area (Å²) in [5.41, 5.74) is 1.10. The number of thiophene rings is 1. The highest BCUT2D eigenvalue weighted by molar-refractivity contribution is 9.11. The lowest BCUT2D eigenvalue weighted by Crippen LogP contribution is -2.32. The van der Waals surface area contributed by atoms with Crippen molar-refractivity contribution in [3.05, 3.63) is 20.8 Å². The van der Waals surface area contributed by atoms with Crippen LogP contribution in [-0.4, -0.2) is 17.1 Å². The number of hydrogen-bond acceptors (Lipinski definition) is 3. The lowest BCUT2D eigenvalue weighted by atomic mass is 10.3. The lowest BCUT2D eigenvalue weighted by molar-refractivity contribution is -0.139. The third-order valence-electron chi connectivity index (χ3n) is 1.60. The molecule has 0 aliphatic heterocycles. The van der Waals surface area contributed by atoms with Gasteiger partial charge < -0.3 is 10.4 Å². The van der Waals surface area contributed by atoms with Crippen LogP contribution in [-0.2, 0) is 11.3 Å². The summed E-state index contributed by atoms with van der Waals surface area (Å²) >= 11 is 4.94. The molecular formula is C8H10BrNO2S. The van der Waals surface area contributed by atoms with Crippen molar-refractivity contribution >= 4 is 33.2 Å². The average Bonchev–Trinajstić information content (AvgIpc) is 2.47. The zero-order valence-electron chi connectivity index (χ0n) is 7.08. The van der Waals surface area contributed by atoms with Crippen molar-refractivity contribution in [2.24, 2.45) is 0 Å². The summed E-state index contributed by atoms with van der Waals surface area (Å²) in [5.74, 6) is -0.825. The van der Waals surface area contributed by atoms with Gasteiger partial charge in [0.25, 0.3) is 0 Å². The first-order chi connectivity index (χ1) is 6.09. The monoisotopic (exact) mass is 263 g/mol. The predicted octanol–water partition coefficient (Wildman–Crippen LogP) is 2.07. The van der Waals surface area contributed by atoms with Gasteiger partial charge in [-0.3, -0.25) is 4.79 Å². The molecule has 0 spiro atoms. The van der Waals surface area contributed by atoms with Crippen molar-refractivity contribution in [3.63, 3.8) is 0 Å². The molecular weight excluding hydrogens is 254 g/mol. The lowest BCUT2D eigenvalue weighted by Gasteiger charge is -2.06. The normalized spacial score (nSPS) is 12.8. The van der Waals surface area contributed by atoms with E-state index in [1.54, 1.807) is 18.3 Å². The van der Waals surface area contributed by atoms with Gasteiger partial charge in [0.2, 0.25) is 0 Å². The van der Waals surface area contributed by atoms with Crippen LogP contribution in [0.3, 0.4) is 0 Å². The largest absolute Gasteiger partial charge is 0.480 e. The van der Waals surface area contributed by atoms with Crippen LogP contribution in [0.4, 0.5) is 0 Å². The van der Waals surface area contributed by atoms with E-state index in [4.69, 9.17) is 5.11 Å². The number of carboxylic acids is 1. The summed E-state index contributed by atoms with van der Waals surface area (Å²) in [4.78, 5) is 10.5. The Balaban J connectivity index is 2.39. The number of hydrogen-bond donors (Lipinski definition) is 2. The number of carbonyl (C=O) groups is 1. The van der Waals surface area contributed by atoms with Gasteiger partial charge in [-0.2, -0.15) is 0 Å². The van der Waals surface area contributed by atoms with Crippen LogP contribution in [0.5, 0.6) is 0 Å². The van der Waals surface area contributed by atoms with E-state index >= 15 is 0 Å². The second-order valence-corrected chi connectivity index (χ2v) is 4.99. The minimum Gasteiger partial charge on any atom is -0.480 e. The molecule has 0 radical (unpaired) electrons. The van der Waals surface area contributed by atoms with Gasteiger partial charge in [0.15, 0.2) is 0 Å². The molecule has 0 aliphatic rings. The molecule has 0 fully saturated rings. The van der Waals surface area contributed by atoms with E-state index in [1.807, 2.05) is 11.4 Å². The van der Waals surface area contributed by atoms with Gasteiger partial charge in [-0.05, 0) is 39.9 Å². The first-order valence-corrected chi connectivity index (χ1v) is 5.46. The standard InChI is InChI=1S/C8H10BrNO2S/c1-5(8(11)12)10-3-6-2-7(9)13-4-6/h2,4-5,10H,3H2,1H3,(H,11,12). The van der Waals surface area contributed by atoms with Crippen molar-refractivity contribution in [1.29, 1.82) is 0 Å². The third-order valence-corrected chi connectivity index (χ3v) is 3.16. The van der Waals surface area contributed by atoms with Gasteiger partial charge in [-0.1, -0.05) is 0 Å². The molecule has 1 atom stereocenters. The minimum atomic E-state index is -0.825. The maximum atomic E-state index is 10.5. The highest BCUT2D eigenvalue weighted by atomic mass is 79.9. The van der Waals surface area contributed by atoms with Crippen LogP contribution in [0.1, 0.15) is 12.5 Å². The van der Waals surface area contributed by atoms with Crippen molar-refractivity contribution < 1.29 is 9.90 Å². The zero-order chi connectivity index (χ0) is 9.84. The molecule has 0 saturated heterocycles. The van der Waals surface area contributed by atoms with Gasteiger partial charge in [-0.25, -0.2) is 0 Å². The molecule has 0 aromatic carbocycles. The Morgan fingerprint density at radius 1 is 1.85 bits per heavy atom. The number of halogens is 1. The van der Waals surface area contributed by atoms with E-state index in [9.17, 15) is 4.79 Å². The summed E-state index contributed by atoms with van der Waals surface area (Å²) < 4.78 is 1.06. The fraction of sp³-hybridized carbons (Fsp3) is 0.375.